The molecule has 2 aromatic rings. The summed E-state index contributed by atoms with van der Waals surface area (Å²) in [6.45, 7) is 0.501. The lowest BCUT2D eigenvalue weighted by atomic mass is 10.1. The SMILES string of the molecule is COc1ccc(C(=O)N(C)Cc2cnn(C)c2)cc1OC. The van der Waals surface area contributed by atoms with E-state index >= 15 is 0 Å². The van der Waals surface area contributed by atoms with Crippen LogP contribution < -0.4 is 9.47 Å². The Morgan fingerprint density at radius 2 is 2.00 bits per heavy atom. The van der Waals surface area contributed by atoms with Gasteiger partial charge in [-0.2, -0.15) is 5.10 Å². The van der Waals surface area contributed by atoms with Gasteiger partial charge in [0.25, 0.3) is 5.91 Å². The molecule has 1 heterocycles. The molecule has 0 radical (unpaired) electrons. The minimum atomic E-state index is -0.0835. The van der Waals surface area contributed by atoms with Crippen molar-refractivity contribution in [2.24, 2.45) is 7.05 Å². The van der Waals surface area contributed by atoms with Gasteiger partial charge in [0.1, 0.15) is 0 Å². The maximum Gasteiger partial charge on any atom is 0.254 e. The van der Waals surface area contributed by atoms with Gasteiger partial charge < -0.3 is 14.4 Å². The van der Waals surface area contributed by atoms with Gasteiger partial charge in [-0.05, 0) is 18.2 Å². The molecule has 0 aliphatic carbocycles. The second-order valence-corrected chi connectivity index (χ2v) is 4.75. The summed E-state index contributed by atoms with van der Waals surface area (Å²) in [7, 11) is 6.71. The number of hydrogen-bond acceptors (Lipinski definition) is 4. The van der Waals surface area contributed by atoms with Gasteiger partial charge in [-0.15, -0.1) is 0 Å². The van der Waals surface area contributed by atoms with Gasteiger partial charge >= 0.3 is 0 Å². The maximum atomic E-state index is 12.4. The van der Waals surface area contributed by atoms with Crippen LogP contribution in [0, 0.1) is 0 Å². The molecule has 0 saturated carbocycles. The molecule has 0 bridgehead atoms. The van der Waals surface area contributed by atoms with E-state index in [-0.39, 0.29) is 5.91 Å². The Labute approximate surface area is 123 Å². The fourth-order valence-electron chi connectivity index (χ4n) is 2.09. The minimum Gasteiger partial charge on any atom is -0.493 e. The number of aryl methyl sites for hydroxylation is 1. The second-order valence-electron chi connectivity index (χ2n) is 4.75. The van der Waals surface area contributed by atoms with Gasteiger partial charge in [0.2, 0.25) is 0 Å². The molecule has 1 aromatic carbocycles. The van der Waals surface area contributed by atoms with Crippen molar-refractivity contribution in [2.75, 3.05) is 21.3 Å². The first-order valence-electron chi connectivity index (χ1n) is 6.50. The van der Waals surface area contributed by atoms with Crippen molar-refractivity contribution in [3.05, 3.63) is 41.7 Å². The van der Waals surface area contributed by atoms with E-state index in [4.69, 9.17) is 9.47 Å². The van der Waals surface area contributed by atoms with E-state index in [2.05, 4.69) is 5.10 Å². The summed E-state index contributed by atoms with van der Waals surface area (Å²) in [6.07, 6.45) is 3.64. The molecular weight excluding hydrogens is 270 g/mol. The number of carbonyl (C=O) groups excluding carboxylic acids is 1. The maximum absolute atomic E-state index is 12.4. The van der Waals surface area contributed by atoms with Gasteiger partial charge in [-0.25, -0.2) is 0 Å². The fraction of sp³-hybridized carbons (Fsp3) is 0.333. The molecule has 0 spiro atoms. The summed E-state index contributed by atoms with van der Waals surface area (Å²) in [5, 5.41) is 4.09. The van der Waals surface area contributed by atoms with Crippen LogP contribution >= 0.6 is 0 Å². The van der Waals surface area contributed by atoms with Crippen molar-refractivity contribution in [3.63, 3.8) is 0 Å². The Balaban J connectivity index is 2.15. The molecule has 1 amide bonds. The third-order valence-corrected chi connectivity index (χ3v) is 3.16. The van der Waals surface area contributed by atoms with Crippen LogP contribution in [0.25, 0.3) is 0 Å². The molecule has 112 valence electrons. The summed E-state index contributed by atoms with van der Waals surface area (Å²) >= 11 is 0. The van der Waals surface area contributed by atoms with Crippen LogP contribution in [-0.4, -0.2) is 41.9 Å². The van der Waals surface area contributed by atoms with E-state index in [1.54, 1.807) is 55.2 Å². The molecule has 0 aliphatic heterocycles. The summed E-state index contributed by atoms with van der Waals surface area (Å²) in [6, 6.07) is 5.13. The van der Waals surface area contributed by atoms with Crippen molar-refractivity contribution in [2.45, 2.75) is 6.54 Å². The van der Waals surface area contributed by atoms with Crippen LogP contribution in [0.4, 0.5) is 0 Å². The van der Waals surface area contributed by atoms with Crippen molar-refractivity contribution in [3.8, 4) is 11.5 Å². The smallest absolute Gasteiger partial charge is 0.254 e. The van der Waals surface area contributed by atoms with Crippen LogP contribution in [0.5, 0.6) is 11.5 Å². The van der Waals surface area contributed by atoms with E-state index in [1.165, 1.54) is 0 Å². The molecule has 21 heavy (non-hydrogen) atoms. The highest BCUT2D eigenvalue weighted by Crippen LogP contribution is 2.28. The van der Waals surface area contributed by atoms with Crippen LogP contribution in [-0.2, 0) is 13.6 Å². The Kier molecular flexibility index (Phi) is 4.47. The lowest BCUT2D eigenvalue weighted by Gasteiger charge is -2.17. The van der Waals surface area contributed by atoms with Gasteiger partial charge in [-0.3, -0.25) is 9.48 Å². The zero-order chi connectivity index (χ0) is 15.4. The monoisotopic (exact) mass is 289 g/mol. The first-order valence-corrected chi connectivity index (χ1v) is 6.50. The summed E-state index contributed by atoms with van der Waals surface area (Å²) in [4.78, 5) is 14.1. The van der Waals surface area contributed by atoms with E-state index in [0.29, 0.717) is 23.6 Å². The number of methoxy groups -OCH3 is 2. The standard InChI is InChI=1S/C15H19N3O3/c1-17(9-11-8-16-18(2)10-11)15(19)12-5-6-13(20-3)14(7-12)21-4/h5-8,10H,9H2,1-4H3. The third kappa shape index (κ3) is 3.34. The van der Waals surface area contributed by atoms with E-state index in [0.717, 1.165) is 5.56 Å². The Hall–Kier alpha value is -2.50. The molecule has 0 N–H and O–H groups in total. The molecule has 0 aliphatic rings. The normalized spacial score (nSPS) is 10.3. The van der Waals surface area contributed by atoms with Crippen molar-refractivity contribution in [1.29, 1.82) is 0 Å². The third-order valence-electron chi connectivity index (χ3n) is 3.16. The summed E-state index contributed by atoms with van der Waals surface area (Å²) < 4.78 is 12.1. The van der Waals surface area contributed by atoms with E-state index in [9.17, 15) is 4.79 Å². The highest BCUT2D eigenvalue weighted by Gasteiger charge is 2.15. The Bertz CT molecular complexity index is 637. The molecule has 6 nitrogen and oxygen atoms in total. The average molecular weight is 289 g/mol. The van der Waals surface area contributed by atoms with Gasteiger partial charge in [0.15, 0.2) is 11.5 Å². The lowest BCUT2D eigenvalue weighted by molar-refractivity contribution is 0.0784. The Morgan fingerprint density at radius 1 is 1.29 bits per heavy atom. The molecule has 0 fully saturated rings. The van der Waals surface area contributed by atoms with Crippen LogP contribution in [0.15, 0.2) is 30.6 Å². The predicted octanol–water partition coefficient (Wildman–Crippen LogP) is 1.71. The summed E-state index contributed by atoms with van der Waals surface area (Å²) in [5.74, 6) is 1.06. The predicted molar refractivity (Wildman–Crippen MR) is 78.6 cm³/mol. The van der Waals surface area contributed by atoms with Crippen molar-refractivity contribution in [1.82, 2.24) is 14.7 Å². The van der Waals surface area contributed by atoms with Crippen LogP contribution in [0.3, 0.4) is 0 Å². The molecule has 0 atom stereocenters. The number of benzene rings is 1. The second kappa shape index (κ2) is 6.30. The molecule has 0 saturated heterocycles. The van der Waals surface area contributed by atoms with E-state index < -0.39 is 0 Å². The Morgan fingerprint density at radius 3 is 2.57 bits per heavy atom. The highest BCUT2D eigenvalue weighted by atomic mass is 16.5. The molecule has 0 unspecified atom stereocenters. The number of carbonyl (C=O) groups is 1. The van der Waals surface area contributed by atoms with Gasteiger partial charge in [-0.1, -0.05) is 0 Å². The van der Waals surface area contributed by atoms with Crippen LogP contribution in [0.1, 0.15) is 15.9 Å². The average Bonchev–Trinajstić information content (AvgIpc) is 2.90. The largest absolute Gasteiger partial charge is 0.493 e. The first-order chi connectivity index (χ1) is 10.0. The molecule has 1 aromatic heterocycles. The number of nitrogens with zero attached hydrogens (tertiary/aromatic N) is 3. The molecule has 6 heteroatoms. The first kappa shape index (κ1) is 14.9. The number of aromatic nitrogens is 2. The number of hydrogen-bond donors (Lipinski definition) is 0. The van der Waals surface area contributed by atoms with Crippen molar-refractivity contribution < 1.29 is 14.3 Å². The molecule has 2 rings (SSSR count). The van der Waals surface area contributed by atoms with Gasteiger partial charge in [0.05, 0.1) is 20.4 Å². The zero-order valence-electron chi connectivity index (χ0n) is 12.7. The molecular formula is C15H19N3O3. The zero-order valence-corrected chi connectivity index (χ0v) is 12.7. The fourth-order valence-corrected chi connectivity index (χ4v) is 2.09. The van der Waals surface area contributed by atoms with Gasteiger partial charge in [0, 0.05) is 38.0 Å². The topological polar surface area (TPSA) is 56.6 Å². The minimum absolute atomic E-state index is 0.0835. The van der Waals surface area contributed by atoms with Crippen molar-refractivity contribution >= 4 is 5.91 Å². The quantitative estimate of drug-likeness (QED) is 0.841. The number of ether oxygens (including phenoxy) is 2. The summed E-state index contributed by atoms with van der Waals surface area (Å²) in [5.41, 5.74) is 1.54. The van der Waals surface area contributed by atoms with E-state index in [1.807, 2.05) is 13.2 Å². The lowest BCUT2D eigenvalue weighted by Crippen LogP contribution is -2.26. The number of rotatable bonds is 5. The van der Waals surface area contributed by atoms with Crippen LogP contribution in [0.2, 0.25) is 0 Å². The number of amides is 1. The highest BCUT2D eigenvalue weighted by molar-refractivity contribution is 5.94.